The Morgan fingerprint density at radius 1 is 1.57 bits per heavy atom. The van der Waals surface area contributed by atoms with E-state index in [4.69, 9.17) is 9.84 Å². The summed E-state index contributed by atoms with van der Waals surface area (Å²) >= 11 is 0. The summed E-state index contributed by atoms with van der Waals surface area (Å²) in [6.07, 6.45) is 3.41. The lowest BCUT2D eigenvalue weighted by Gasteiger charge is -1.99. The number of ether oxygens (including phenoxy) is 1. The second-order valence-corrected chi connectivity index (χ2v) is 2.78. The van der Waals surface area contributed by atoms with Crippen molar-refractivity contribution in [1.82, 2.24) is 0 Å². The molecule has 1 aromatic carbocycles. The highest BCUT2D eigenvalue weighted by atomic mass is 16.5. The predicted octanol–water partition coefficient (Wildman–Crippen LogP) is 2.18. The van der Waals surface area contributed by atoms with Crippen molar-refractivity contribution in [2.24, 2.45) is 0 Å². The Kier molecular flexibility index (Phi) is 3.73. The second-order valence-electron chi connectivity index (χ2n) is 2.78. The third-order valence-corrected chi connectivity index (χ3v) is 1.70. The first kappa shape index (κ1) is 10.3. The van der Waals surface area contributed by atoms with Gasteiger partial charge in [0.2, 0.25) is 0 Å². The summed E-state index contributed by atoms with van der Waals surface area (Å²) in [5.74, 6) is -0.0633. The molecule has 0 aliphatic carbocycles. The van der Waals surface area contributed by atoms with Crippen LogP contribution in [0.15, 0.2) is 30.3 Å². The van der Waals surface area contributed by atoms with E-state index in [1.807, 2.05) is 24.3 Å². The van der Waals surface area contributed by atoms with Gasteiger partial charge in [0.25, 0.3) is 0 Å². The first-order chi connectivity index (χ1) is 6.72. The van der Waals surface area contributed by atoms with Crippen LogP contribution in [0.25, 0.3) is 6.08 Å². The summed E-state index contributed by atoms with van der Waals surface area (Å²) in [6, 6.07) is 7.44. The van der Waals surface area contributed by atoms with E-state index in [9.17, 15) is 4.79 Å². The van der Waals surface area contributed by atoms with Gasteiger partial charge in [-0.05, 0) is 17.7 Å². The number of benzene rings is 1. The molecule has 0 fully saturated rings. The van der Waals surface area contributed by atoms with Gasteiger partial charge in [-0.3, -0.25) is 4.79 Å². The van der Waals surface area contributed by atoms with E-state index in [2.05, 4.69) is 0 Å². The molecule has 0 heterocycles. The van der Waals surface area contributed by atoms with Crippen LogP contribution in [0.3, 0.4) is 0 Å². The molecule has 0 atom stereocenters. The van der Waals surface area contributed by atoms with Gasteiger partial charge in [-0.1, -0.05) is 24.3 Å². The number of hydrogen-bond donors (Lipinski definition) is 1. The summed E-state index contributed by atoms with van der Waals surface area (Å²) in [5, 5.41) is 8.42. The summed E-state index contributed by atoms with van der Waals surface area (Å²) in [7, 11) is 1.60. The average Bonchev–Trinajstić information content (AvgIpc) is 2.18. The van der Waals surface area contributed by atoms with Crippen LogP contribution in [0.5, 0.6) is 5.75 Å². The lowest BCUT2D eigenvalue weighted by molar-refractivity contribution is -0.135. The molecule has 1 aromatic rings. The molecule has 0 saturated carbocycles. The van der Waals surface area contributed by atoms with E-state index in [0.29, 0.717) is 0 Å². The molecule has 74 valence electrons. The van der Waals surface area contributed by atoms with Crippen molar-refractivity contribution in [2.45, 2.75) is 6.42 Å². The number of carboxylic acid groups (broad SMARTS) is 1. The molecule has 0 amide bonds. The normalized spacial score (nSPS) is 10.4. The van der Waals surface area contributed by atoms with Gasteiger partial charge in [-0.2, -0.15) is 0 Å². The zero-order chi connectivity index (χ0) is 10.4. The first-order valence-electron chi connectivity index (χ1n) is 4.25. The molecule has 0 spiro atoms. The lowest BCUT2D eigenvalue weighted by Crippen LogP contribution is -1.89. The quantitative estimate of drug-likeness (QED) is 0.795. The summed E-state index contributed by atoms with van der Waals surface area (Å²) in [6.45, 7) is 0. The molecule has 1 rings (SSSR count). The van der Waals surface area contributed by atoms with E-state index in [-0.39, 0.29) is 6.42 Å². The molecular weight excluding hydrogens is 180 g/mol. The fourth-order valence-electron chi connectivity index (χ4n) is 1.04. The van der Waals surface area contributed by atoms with Crippen LogP contribution in [0.1, 0.15) is 12.0 Å². The van der Waals surface area contributed by atoms with E-state index >= 15 is 0 Å². The van der Waals surface area contributed by atoms with Crippen molar-refractivity contribution in [2.75, 3.05) is 7.11 Å². The van der Waals surface area contributed by atoms with Crippen molar-refractivity contribution >= 4 is 12.0 Å². The number of hydrogen-bond acceptors (Lipinski definition) is 2. The number of methoxy groups -OCH3 is 1. The van der Waals surface area contributed by atoms with Crippen LogP contribution in [-0.4, -0.2) is 18.2 Å². The molecule has 0 unspecified atom stereocenters. The Labute approximate surface area is 82.6 Å². The third-order valence-electron chi connectivity index (χ3n) is 1.70. The summed E-state index contributed by atoms with van der Waals surface area (Å²) in [4.78, 5) is 10.2. The maximum atomic E-state index is 10.2. The van der Waals surface area contributed by atoms with Crippen LogP contribution >= 0.6 is 0 Å². The maximum Gasteiger partial charge on any atom is 0.307 e. The van der Waals surface area contributed by atoms with Gasteiger partial charge in [-0.25, -0.2) is 0 Å². The molecule has 3 heteroatoms. The second kappa shape index (κ2) is 5.07. The molecule has 1 N–H and O–H groups in total. The fourth-order valence-corrected chi connectivity index (χ4v) is 1.04. The van der Waals surface area contributed by atoms with E-state index in [1.165, 1.54) is 0 Å². The van der Waals surface area contributed by atoms with Crippen molar-refractivity contribution in [3.63, 3.8) is 0 Å². The molecule has 0 radical (unpaired) electrons. The van der Waals surface area contributed by atoms with Gasteiger partial charge >= 0.3 is 5.97 Å². The minimum absolute atomic E-state index is 0.0389. The third kappa shape index (κ3) is 3.31. The van der Waals surface area contributed by atoms with Crippen molar-refractivity contribution in [1.29, 1.82) is 0 Å². The Morgan fingerprint density at radius 3 is 3.00 bits per heavy atom. The molecule has 0 aliphatic rings. The Balaban J connectivity index is 2.66. The highest BCUT2D eigenvalue weighted by Gasteiger charge is 1.92. The van der Waals surface area contributed by atoms with Gasteiger partial charge in [0.15, 0.2) is 0 Å². The van der Waals surface area contributed by atoms with E-state index < -0.39 is 5.97 Å². The highest BCUT2D eigenvalue weighted by molar-refractivity contribution is 5.70. The summed E-state index contributed by atoms with van der Waals surface area (Å²) < 4.78 is 5.03. The van der Waals surface area contributed by atoms with E-state index in [1.54, 1.807) is 19.3 Å². The Morgan fingerprint density at radius 2 is 2.36 bits per heavy atom. The standard InChI is InChI=1S/C11H12O3/c1-14-10-6-2-4-9(8-10)5-3-7-11(12)13/h2-6,8H,7H2,1H3,(H,12,13)/b5-3-. The largest absolute Gasteiger partial charge is 0.497 e. The van der Waals surface area contributed by atoms with Gasteiger partial charge in [0.1, 0.15) is 5.75 Å². The van der Waals surface area contributed by atoms with Gasteiger partial charge in [0, 0.05) is 0 Å². The molecule has 0 bridgehead atoms. The molecule has 0 aliphatic heterocycles. The summed E-state index contributed by atoms with van der Waals surface area (Å²) in [5.41, 5.74) is 0.936. The molecule has 3 nitrogen and oxygen atoms in total. The molecule has 0 aromatic heterocycles. The average molecular weight is 192 g/mol. The van der Waals surface area contributed by atoms with Crippen molar-refractivity contribution < 1.29 is 14.6 Å². The van der Waals surface area contributed by atoms with Crippen LogP contribution in [-0.2, 0) is 4.79 Å². The number of aliphatic carboxylic acids is 1. The zero-order valence-corrected chi connectivity index (χ0v) is 7.93. The van der Waals surface area contributed by atoms with Crippen LogP contribution in [0, 0.1) is 0 Å². The topological polar surface area (TPSA) is 46.5 Å². The minimum Gasteiger partial charge on any atom is -0.497 e. The van der Waals surface area contributed by atoms with Gasteiger partial charge in [0.05, 0.1) is 13.5 Å². The van der Waals surface area contributed by atoms with Crippen molar-refractivity contribution in [3.8, 4) is 5.75 Å². The number of carbonyl (C=O) groups is 1. The minimum atomic E-state index is -0.829. The van der Waals surface area contributed by atoms with Crippen LogP contribution < -0.4 is 4.74 Å². The lowest BCUT2D eigenvalue weighted by atomic mass is 10.2. The fraction of sp³-hybridized carbons (Fsp3) is 0.182. The van der Waals surface area contributed by atoms with Crippen LogP contribution in [0.2, 0.25) is 0 Å². The molecular formula is C11H12O3. The van der Waals surface area contributed by atoms with Crippen molar-refractivity contribution in [3.05, 3.63) is 35.9 Å². The van der Waals surface area contributed by atoms with E-state index in [0.717, 1.165) is 11.3 Å². The smallest absolute Gasteiger partial charge is 0.307 e. The van der Waals surface area contributed by atoms with Crippen LogP contribution in [0.4, 0.5) is 0 Å². The SMILES string of the molecule is COc1cccc(/C=C\CC(=O)O)c1. The first-order valence-corrected chi connectivity index (χ1v) is 4.25. The molecule has 0 saturated heterocycles. The maximum absolute atomic E-state index is 10.2. The van der Waals surface area contributed by atoms with Gasteiger partial charge in [-0.15, -0.1) is 0 Å². The zero-order valence-electron chi connectivity index (χ0n) is 7.93. The predicted molar refractivity (Wildman–Crippen MR) is 54.3 cm³/mol. The number of carboxylic acids is 1. The monoisotopic (exact) mass is 192 g/mol. The Bertz CT molecular complexity index is 342. The Hall–Kier alpha value is -1.77. The highest BCUT2D eigenvalue weighted by Crippen LogP contribution is 2.13. The number of rotatable bonds is 4. The molecule has 14 heavy (non-hydrogen) atoms. The van der Waals surface area contributed by atoms with Gasteiger partial charge < -0.3 is 9.84 Å².